The lowest BCUT2D eigenvalue weighted by molar-refractivity contribution is 0.266. The van der Waals surface area contributed by atoms with Gasteiger partial charge in [0.05, 0.1) is 0 Å². The molecule has 100 valence electrons. The van der Waals surface area contributed by atoms with Crippen molar-refractivity contribution in [2.75, 3.05) is 6.54 Å². The molecule has 0 aromatic heterocycles. The molecule has 0 unspecified atom stereocenters. The van der Waals surface area contributed by atoms with Gasteiger partial charge in [-0.25, -0.2) is 4.39 Å². The second-order valence-corrected chi connectivity index (χ2v) is 6.01. The van der Waals surface area contributed by atoms with Gasteiger partial charge in [0.1, 0.15) is 5.82 Å². The molecule has 0 radical (unpaired) electrons. The van der Waals surface area contributed by atoms with Crippen molar-refractivity contribution < 1.29 is 4.39 Å². The first-order chi connectivity index (χ1) is 8.61. The van der Waals surface area contributed by atoms with Crippen molar-refractivity contribution >= 4 is 0 Å². The van der Waals surface area contributed by atoms with Gasteiger partial charge in [-0.1, -0.05) is 44.9 Å². The maximum absolute atomic E-state index is 13.8. The quantitative estimate of drug-likeness (QED) is 0.834. The highest BCUT2D eigenvalue weighted by Gasteiger charge is 2.34. The van der Waals surface area contributed by atoms with Crippen LogP contribution in [0.15, 0.2) is 24.3 Å². The number of benzene rings is 1. The fourth-order valence-corrected chi connectivity index (χ4v) is 3.01. The van der Waals surface area contributed by atoms with E-state index in [2.05, 4.69) is 19.2 Å². The summed E-state index contributed by atoms with van der Waals surface area (Å²) >= 11 is 0. The fourth-order valence-electron chi connectivity index (χ4n) is 3.01. The van der Waals surface area contributed by atoms with E-state index in [-0.39, 0.29) is 11.2 Å². The highest BCUT2D eigenvalue weighted by molar-refractivity contribution is 5.19. The van der Waals surface area contributed by atoms with E-state index in [9.17, 15) is 4.39 Å². The molecule has 0 amide bonds. The van der Waals surface area contributed by atoms with Crippen LogP contribution in [0.3, 0.4) is 0 Å². The molecule has 1 aliphatic rings. The van der Waals surface area contributed by atoms with E-state index in [1.54, 1.807) is 12.1 Å². The maximum Gasteiger partial charge on any atom is 0.126 e. The van der Waals surface area contributed by atoms with Crippen molar-refractivity contribution in [3.63, 3.8) is 0 Å². The van der Waals surface area contributed by atoms with Gasteiger partial charge >= 0.3 is 0 Å². The van der Waals surface area contributed by atoms with Crippen molar-refractivity contribution in [3.8, 4) is 0 Å². The maximum atomic E-state index is 13.8. The van der Waals surface area contributed by atoms with E-state index < -0.39 is 0 Å². The molecule has 0 bridgehead atoms. The monoisotopic (exact) mass is 249 g/mol. The molecule has 0 saturated heterocycles. The zero-order chi connectivity index (χ0) is 13.0. The highest BCUT2D eigenvalue weighted by Crippen LogP contribution is 2.40. The van der Waals surface area contributed by atoms with Crippen molar-refractivity contribution in [3.05, 3.63) is 35.6 Å². The van der Waals surface area contributed by atoms with E-state index in [4.69, 9.17) is 0 Å². The molecule has 1 saturated carbocycles. The Morgan fingerprint density at radius 3 is 2.50 bits per heavy atom. The lowest BCUT2D eigenvalue weighted by Gasteiger charge is -2.30. The van der Waals surface area contributed by atoms with Gasteiger partial charge in [-0.05, 0) is 36.3 Å². The van der Waals surface area contributed by atoms with Crippen molar-refractivity contribution in [1.29, 1.82) is 0 Å². The zero-order valence-electron chi connectivity index (χ0n) is 11.5. The van der Waals surface area contributed by atoms with Gasteiger partial charge in [-0.15, -0.1) is 0 Å². The first-order valence-electron chi connectivity index (χ1n) is 7.08. The summed E-state index contributed by atoms with van der Waals surface area (Å²) in [5.74, 6) is -0.0479. The SMILES string of the molecule is CC(C)NCC1(Cc2ccccc2F)CCCC1. The molecule has 1 N–H and O–H groups in total. The standard InChI is InChI=1S/C16H24FN/c1-13(2)18-12-16(9-5-6-10-16)11-14-7-3-4-8-15(14)17/h3-4,7-8,13,18H,5-6,9-12H2,1-2H3. The van der Waals surface area contributed by atoms with Crippen LogP contribution in [0, 0.1) is 11.2 Å². The molecule has 0 spiro atoms. The third-order valence-electron chi connectivity index (χ3n) is 4.07. The van der Waals surface area contributed by atoms with Gasteiger partial charge in [0.25, 0.3) is 0 Å². The van der Waals surface area contributed by atoms with Gasteiger partial charge < -0.3 is 5.32 Å². The number of hydrogen-bond donors (Lipinski definition) is 1. The molecule has 18 heavy (non-hydrogen) atoms. The predicted octanol–water partition coefficient (Wildman–Crippen LogP) is 3.93. The van der Waals surface area contributed by atoms with Crippen molar-refractivity contribution in [2.24, 2.45) is 5.41 Å². The molecular weight excluding hydrogens is 225 g/mol. The Bertz CT molecular complexity index is 380. The van der Waals surface area contributed by atoms with Gasteiger partial charge in [0.2, 0.25) is 0 Å². The largest absolute Gasteiger partial charge is 0.314 e. The second kappa shape index (κ2) is 5.83. The van der Waals surface area contributed by atoms with E-state index in [1.165, 1.54) is 25.7 Å². The minimum Gasteiger partial charge on any atom is -0.314 e. The van der Waals surface area contributed by atoms with Crippen LogP contribution < -0.4 is 5.32 Å². The van der Waals surface area contributed by atoms with Crippen LogP contribution in [-0.2, 0) is 6.42 Å². The molecule has 2 rings (SSSR count). The summed E-state index contributed by atoms with van der Waals surface area (Å²) in [6, 6.07) is 7.73. The predicted molar refractivity (Wildman–Crippen MR) is 74.1 cm³/mol. The Hall–Kier alpha value is -0.890. The van der Waals surface area contributed by atoms with Crippen LogP contribution in [0.25, 0.3) is 0 Å². The van der Waals surface area contributed by atoms with Crippen molar-refractivity contribution in [2.45, 2.75) is 52.0 Å². The number of rotatable bonds is 5. The molecule has 1 fully saturated rings. The number of hydrogen-bond acceptors (Lipinski definition) is 1. The molecule has 0 heterocycles. The summed E-state index contributed by atoms with van der Waals surface area (Å²) in [5, 5.41) is 3.55. The third-order valence-corrected chi connectivity index (χ3v) is 4.07. The average Bonchev–Trinajstić information content (AvgIpc) is 2.79. The lowest BCUT2D eigenvalue weighted by atomic mass is 9.79. The second-order valence-electron chi connectivity index (χ2n) is 6.01. The Kier molecular flexibility index (Phi) is 4.39. The summed E-state index contributed by atoms with van der Waals surface area (Å²) in [7, 11) is 0. The first kappa shape index (κ1) is 13.5. The molecule has 0 atom stereocenters. The molecule has 1 aromatic carbocycles. The molecular formula is C16H24FN. The Labute approximate surface area is 110 Å². The summed E-state index contributed by atoms with van der Waals surface area (Å²) in [5.41, 5.74) is 1.15. The fraction of sp³-hybridized carbons (Fsp3) is 0.625. The van der Waals surface area contributed by atoms with Crippen molar-refractivity contribution in [1.82, 2.24) is 5.32 Å². The molecule has 1 aliphatic carbocycles. The van der Waals surface area contributed by atoms with E-state index in [0.29, 0.717) is 6.04 Å². The Morgan fingerprint density at radius 1 is 1.22 bits per heavy atom. The highest BCUT2D eigenvalue weighted by atomic mass is 19.1. The average molecular weight is 249 g/mol. The number of halogens is 1. The number of nitrogens with one attached hydrogen (secondary N) is 1. The van der Waals surface area contributed by atoms with E-state index in [1.807, 2.05) is 12.1 Å². The van der Waals surface area contributed by atoms with Gasteiger partial charge in [-0.2, -0.15) is 0 Å². The molecule has 0 aliphatic heterocycles. The normalized spacial score (nSPS) is 18.4. The molecule has 1 nitrogen and oxygen atoms in total. The topological polar surface area (TPSA) is 12.0 Å². The van der Waals surface area contributed by atoms with Gasteiger partial charge in [-0.3, -0.25) is 0 Å². The molecule has 2 heteroatoms. The van der Waals surface area contributed by atoms with Crippen LogP contribution >= 0.6 is 0 Å². The smallest absolute Gasteiger partial charge is 0.126 e. The Balaban J connectivity index is 2.08. The summed E-state index contributed by atoms with van der Waals surface area (Å²) in [4.78, 5) is 0. The first-order valence-corrected chi connectivity index (χ1v) is 7.08. The minimum absolute atomic E-state index is 0.0479. The van der Waals surface area contributed by atoms with Gasteiger partial charge in [0.15, 0.2) is 0 Å². The van der Waals surface area contributed by atoms with Crippen LogP contribution in [0.5, 0.6) is 0 Å². The van der Waals surface area contributed by atoms with Crippen LogP contribution in [0.1, 0.15) is 45.1 Å². The lowest BCUT2D eigenvalue weighted by Crippen LogP contribution is -2.37. The summed E-state index contributed by atoms with van der Waals surface area (Å²) in [6.45, 7) is 5.36. The van der Waals surface area contributed by atoms with Crippen LogP contribution in [0.2, 0.25) is 0 Å². The summed E-state index contributed by atoms with van der Waals surface area (Å²) in [6.07, 6.45) is 5.89. The van der Waals surface area contributed by atoms with Crippen LogP contribution in [-0.4, -0.2) is 12.6 Å². The third kappa shape index (κ3) is 3.32. The Morgan fingerprint density at radius 2 is 1.89 bits per heavy atom. The van der Waals surface area contributed by atoms with Gasteiger partial charge in [0, 0.05) is 12.6 Å². The molecule has 1 aromatic rings. The van der Waals surface area contributed by atoms with E-state index in [0.717, 1.165) is 18.5 Å². The zero-order valence-corrected chi connectivity index (χ0v) is 11.5. The van der Waals surface area contributed by atoms with E-state index >= 15 is 0 Å². The summed E-state index contributed by atoms with van der Waals surface area (Å²) < 4.78 is 13.8. The van der Waals surface area contributed by atoms with Crippen LogP contribution in [0.4, 0.5) is 4.39 Å². The minimum atomic E-state index is -0.0479.